The molecule has 0 fully saturated rings. The number of rotatable bonds is 3. The molecule has 4 heteroatoms. The van der Waals surface area contributed by atoms with Crippen LogP contribution in [-0.2, 0) is 6.61 Å². The summed E-state index contributed by atoms with van der Waals surface area (Å²) in [6, 6.07) is 9.75. The van der Waals surface area contributed by atoms with Gasteiger partial charge in [-0.2, -0.15) is 0 Å². The Kier molecular flexibility index (Phi) is 2.68. The summed E-state index contributed by atoms with van der Waals surface area (Å²) in [6.07, 6.45) is 3.53. The highest BCUT2D eigenvalue weighted by atomic mass is 16.5. The van der Waals surface area contributed by atoms with Gasteiger partial charge in [0.25, 0.3) is 0 Å². The number of hydrogen-bond acceptors (Lipinski definition) is 3. The Morgan fingerprint density at radius 1 is 1.17 bits per heavy atom. The molecule has 0 radical (unpaired) electrons. The number of ether oxygens (including phenoxy) is 1. The molecule has 0 saturated carbocycles. The van der Waals surface area contributed by atoms with Crippen molar-refractivity contribution in [1.82, 2.24) is 15.0 Å². The molecule has 0 aliphatic rings. The Bertz CT molecular complexity index is 661. The summed E-state index contributed by atoms with van der Waals surface area (Å²) in [5.41, 5.74) is 3.06. The average molecular weight is 239 g/mol. The summed E-state index contributed by atoms with van der Waals surface area (Å²) in [7, 11) is 0. The van der Waals surface area contributed by atoms with Gasteiger partial charge in [-0.3, -0.25) is 4.98 Å². The minimum Gasteiger partial charge on any atom is -0.489 e. The summed E-state index contributed by atoms with van der Waals surface area (Å²) in [4.78, 5) is 11.5. The first-order valence-corrected chi connectivity index (χ1v) is 5.79. The third-order valence-electron chi connectivity index (χ3n) is 2.73. The van der Waals surface area contributed by atoms with Gasteiger partial charge in [-0.25, -0.2) is 4.98 Å². The maximum atomic E-state index is 5.73. The van der Waals surface area contributed by atoms with E-state index >= 15 is 0 Å². The third kappa shape index (κ3) is 2.18. The monoisotopic (exact) mass is 239 g/mol. The fourth-order valence-corrected chi connectivity index (χ4v) is 1.85. The molecule has 90 valence electrons. The van der Waals surface area contributed by atoms with Crippen LogP contribution in [0.4, 0.5) is 0 Å². The Morgan fingerprint density at radius 2 is 2.00 bits per heavy atom. The minimum atomic E-state index is 0.543. The second-order valence-corrected chi connectivity index (χ2v) is 4.15. The summed E-state index contributed by atoms with van der Waals surface area (Å²) < 4.78 is 5.73. The fraction of sp³-hybridized carbons (Fsp3) is 0.143. The van der Waals surface area contributed by atoms with Gasteiger partial charge in [0.2, 0.25) is 0 Å². The Balaban J connectivity index is 1.78. The quantitative estimate of drug-likeness (QED) is 0.764. The molecule has 1 aromatic carbocycles. The predicted molar refractivity (Wildman–Crippen MR) is 69.4 cm³/mol. The van der Waals surface area contributed by atoms with Crippen LogP contribution in [0.1, 0.15) is 11.4 Å². The maximum absolute atomic E-state index is 5.73. The first-order valence-electron chi connectivity index (χ1n) is 5.79. The first kappa shape index (κ1) is 10.8. The van der Waals surface area contributed by atoms with Crippen molar-refractivity contribution >= 4 is 11.0 Å². The van der Waals surface area contributed by atoms with Crippen LogP contribution in [0, 0.1) is 6.92 Å². The third-order valence-corrected chi connectivity index (χ3v) is 2.73. The van der Waals surface area contributed by atoms with Crippen molar-refractivity contribution in [2.45, 2.75) is 13.5 Å². The van der Waals surface area contributed by atoms with E-state index in [0.29, 0.717) is 6.61 Å². The number of fused-ring (bicyclic) bond motifs is 1. The standard InChI is InChI=1S/C14H13N3O/c1-10-16-13-3-2-12(8-14(13)17-10)18-9-11-4-6-15-7-5-11/h2-8H,9H2,1H3,(H,16,17). The minimum absolute atomic E-state index is 0.543. The molecule has 1 N–H and O–H groups in total. The molecule has 0 aliphatic heterocycles. The molecule has 18 heavy (non-hydrogen) atoms. The molecule has 0 aliphatic carbocycles. The van der Waals surface area contributed by atoms with Gasteiger partial charge in [0.05, 0.1) is 11.0 Å². The lowest BCUT2D eigenvalue weighted by Crippen LogP contribution is -1.95. The van der Waals surface area contributed by atoms with Crippen molar-refractivity contribution in [3.63, 3.8) is 0 Å². The van der Waals surface area contributed by atoms with E-state index < -0.39 is 0 Å². The van der Waals surface area contributed by atoms with Crippen LogP contribution in [-0.4, -0.2) is 15.0 Å². The van der Waals surface area contributed by atoms with E-state index in [1.807, 2.05) is 37.3 Å². The van der Waals surface area contributed by atoms with Crippen molar-refractivity contribution < 1.29 is 4.74 Å². The highest BCUT2D eigenvalue weighted by Gasteiger charge is 2.01. The van der Waals surface area contributed by atoms with Crippen LogP contribution in [0.2, 0.25) is 0 Å². The van der Waals surface area contributed by atoms with E-state index in [1.54, 1.807) is 12.4 Å². The highest BCUT2D eigenvalue weighted by Crippen LogP contribution is 2.19. The number of H-pyrrole nitrogens is 1. The summed E-state index contributed by atoms with van der Waals surface area (Å²) >= 11 is 0. The van der Waals surface area contributed by atoms with Gasteiger partial charge in [-0.1, -0.05) is 0 Å². The number of hydrogen-bond donors (Lipinski definition) is 1. The topological polar surface area (TPSA) is 50.8 Å². The maximum Gasteiger partial charge on any atom is 0.122 e. The molecular formula is C14H13N3O. The van der Waals surface area contributed by atoms with Crippen LogP contribution < -0.4 is 4.74 Å². The van der Waals surface area contributed by atoms with Crippen molar-refractivity contribution in [2.75, 3.05) is 0 Å². The van der Waals surface area contributed by atoms with Gasteiger partial charge < -0.3 is 9.72 Å². The predicted octanol–water partition coefficient (Wildman–Crippen LogP) is 2.85. The molecule has 0 amide bonds. The van der Waals surface area contributed by atoms with Gasteiger partial charge in [0.1, 0.15) is 18.2 Å². The smallest absolute Gasteiger partial charge is 0.122 e. The van der Waals surface area contributed by atoms with Crippen molar-refractivity contribution in [3.05, 3.63) is 54.1 Å². The van der Waals surface area contributed by atoms with E-state index in [9.17, 15) is 0 Å². The van der Waals surface area contributed by atoms with Crippen LogP contribution in [0.3, 0.4) is 0 Å². The van der Waals surface area contributed by atoms with E-state index in [1.165, 1.54) is 0 Å². The fourth-order valence-electron chi connectivity index (χ4n) is 1.85. The number of aromatic nitrogens is 3. The van der Waals surface area contributed by atoms with Crippen molar-refractivity contribution in [3.8, 4) is 5.75 Å². The molecule has 4 nitrogen and oxygen atoms in total. The number of nitrogens with zero attached hydrogens (tertiary/aromatic N) is 2. The zero-order valence-electron chi connectivity index (χ0n) is 10.1. The SMILES string of the molecule is Cc1nc2ccc(OCc3ccncc3)cc2[nH]1. The molecule has 3 aromatic rings. The molecule has 0 unspecified atom stereocenters. The Hall–Kier alpha value is -2.36. The zero-order valence-corrected chi connectivity index (χ0v) is 10.1. The molecule has 0 saturated heterocycles. The van der Waals surface area contributed by atoms with Crippen LogP contribution >= 0.6 is 0 Å². The number of nitrogens with one attached hydrogen (secondary N) is 1. The van der Waals surface area contributed by atoms with Crippen LogP contribution in [0.5, 0.6) is 5.75 Å². The number of aryl methyl sites for hydroxylation is 1. The number of imidazole rings is 1. The zero-order chi connectivity index (χ0) is 12.4. The largest absolute Gasteiger partial charge is 0.489 e. The molecular weight excluding hydrogens is 226 g/mol. The molecule has 3 rings (SSSR count). The van der Waals surface area contributed by atoms with Gasteiger partial charge in [-0.15, -0.1) is 0 Å². The van der Waals surface area contributed by atoms with Gasteiger partial charge in [0.15, 0.2) is 0 Å². The van der Waals surface area contributed by atoms with Gasteiger partial charge in [0, 0.05) is 18.5 Å². The molecule has 2 aromatic heterocycles. The van der Waals surface area contributed by atoms with E-state index in [2.05, 4.69) is 15.0 Å². The van der Waals surface area contributed by atoms with Crippen LogP contribution in [0.15, 0.2) is 42.7 Å². The van der Waals surface area contributed by atoms with Gasteiger partial charge >= 0.3 is 0 Å². The van der Waals surface area contributed by atoms with Gasteiger partial charge in [-0.05, 0) is 36.8 Å². The van der Waals surface area contributed by atoms with E-state index in [0.717, 1.165) is 28.2 Å². The lowest BCUT2D eigenvalue weighted by molar-refractivity contribution is 0.306. The molecule has 0 bridgehead atoms. The second-order valence-electron chi connectivity index (χ2n) is 4.15. The van der Waals surface area contributed by atoms with E-state index in [-0.39, 0.29) is 0 Å². The lowest BCUT2D eigenvalue weighted by atomic mass is 10.3. The number of pyridine rings is 1. The number of aromatic amines is 1. The Labute approximate surface area is 105 Å². The first-order chi connectivity index (χ1) is 8.81. The molecule has 0 atom stereocenters. The van der Waals surface area contributed by atoms with Crippen LogP contribution in [0.25, 0.3) is 11.0 Å². The van der Waals surface area contributed by atoms with Crippen molar-refractivity contribution in [1.29, 1.82) is 0 Å². The molecule has 2 heterocycles. The highest BCUT2D eigenvalue weighted by molar-refractivity contribution is 5.76. The average Bonchev–Trinajstić information content (AvgIpc) is 2.77. The summed E-state index contributed by atoms with van der Waals surface area (Å²) in [6.45, 7) is 2.48. The Morgan fingerprint density at radius 3 is 2.83 bits per heavy atom. The van der Waals surface area contributed by atoms with E-state index in [4.69, 9.17) is 4.74 Å². The molecule has 0 spiro atoms. The number of benzene rings is 1. The second kappa shape index (κ2) is 4.49. The summed E-state index contributed by atoms with van der Waals surface area (Å²) in [5.74, 6) is 1.75. The van der Waals surface area contributed by atoms with Crippen molar-refractivity contribution in [2.24, 2.45) is 0 Å². The lowest BCUT2D eigenvalue weighted by Gasteiger charge is -2.05. The summed E-state index contributed by atoms with van der Waals surface area (Å²) in [5, 5.41) is 0. The normalized spacial score (nSPS) is 10.7.